The second-order valence-electron chi connectivity index (χ2n) is 5.12. The number of anilines is 1. The number of rotatable bonds is 2. The van der Waals surface area contributed by atoms with E-state index in [-0.39, 0.29) is 26.9 Å². The Balaban J connectivity index is 2.11. The SMILES string of the molecule is C#Cc1c(C(F)(F)F)nc2c(NC(=O)c3c(Cl)cccc3Cl)cccn12. The van der Waals surface area contributed by atoms with Crippen LogP contribution in [-0.2, 0) is 6.18 Å². The van der Waals surface area contributed by atoms with Crippen molar-refractivity contribution in [2.75, 3.05) is 5.32 Å². The van der Waals surface area contributed by atoms with Gasteiger partial charge < -0.3 is 5.32 Å². The molecule has 3 aromatic rings. The van der Waals surface area contributed by atoms with Crippen molar-refractivity contribution < 1.29 is 18.0 Å². The zero-order valence-electron chi connectivity index (χ0n) is 12.7. The first kappa shape index (κ1) is 18.1. The summed E-state index contributed by atoms with van der Waals surface area (Å²) in [7, 11) is 0. The molecular weight excluding hydrogens is 390 g/mol. The Bertz CT molecular complexity index is 1050. The number of nitrogens with zero attached hydrogens (tertiary/aromatic N) is 2. The van der Waals surface area contributed by atoms with Crippen molar-refractivity contribution in [2.24, 2.45) is 0 Å². The number of fused-ring (bicyclic) bond motifs is 1. The van der Waals surface area contributed by atoms with E-state index >= 15 is 0 Å². The van der Waals surface area contributed by atoms with Gasteiger partial charge in [0.05, 0.1) is 21.3 Å². The van der Waals surface area contributed by atoms with Gasteiger partial charge in [0.25, 0.3) is 5.91 Å². The lowest BCUT2D eigenvalue weighted by Gasteiger charge is -2.09. The number of nitrogens with one attached hydrogen (secondary N) is 1. The highest BCUT2D eigenvalue weighted by Crippen LogP contribution is 2.33. The van der Waals surface area contributed by atoms with Gasteiger partial charge >= 0.3 is 6.18 Å². The Hall–Kier alpha value is -2.69. The quantitative estimate of drug-likeness (QED) is 0.625. The van der Waals surface area contributed by atoms with Crippen molar-refractivity contribution in [3.63, 3.8) is 0 Å². The molecule has 0 atom stereocenters. The largest absolute Gasteiger partial charge is 0.436 e. The second-order valence-corrected chi connectivity index (χ2v) is 5.93. The summed E-state index contributed by atoms with van der Waals surface area (Å²) in [5.41, 5.74) is -1.79. The molecule has 1 amide bonds. The molecule has 0 bridgehead atoms. The fourth-order valence-corrected chi connectivity index (χ4v) is 2.97. The van der Waals surface area contributed by atoms with Gasteiger partial charge in [-0.05, 0) is 30.2 Å². The van der Waals surface area contributed by atoms with Gasteiger partial charge in [-0.15, -0.1) is 6.42 Å². The Morgan fingerprint density at radius 3 is 2.42 bits per heavy atom. The van der Waals surface area contributed by atoms with Crippen LogP contribution < -0.4 is 5.32 Å². The van der Waals surface area contributed by atoms with Crippen LogP contribution in [0.1, 0.15) is 21.7 Å². The number of pyridine rings is 1. The summed E-state index contributed by atoms with van der Waals surface area (Å²) in [5, 5.41) is 2.68. The van der Waals surface area contributed by atoms with E-state index in [0.29, 0.717) is 0 Å². The van der Waals surface area contributed by atoms with E-state index in [9.17, 15) is 18.0 Å². The van der Waals surface area contributed by atoms with Crippen LogP contribution in [0, 0.1) is 12.3 Å². The van der Waals surface area contributed by atoms with Gasteiger partial charge in [0.1, 0.15) is 5.69 Å². The fraction of sp³-hybridized carbons (Fsp3) is 0.0588. The van der Waals surface area contributed by atoms with E-state index in [1.165, 1.54) is 30.5 Å². The molecule has 0 aliphatic carbocycles. The van der Waals surface area contributed by atoms with E-state index in [1.807, 2.05) is 5.92 Å². The van der Waals surface area contributed by atoms with Crippen molar-refractivity contribution in [1.82, 2.24) is 9.38 Å². The topological polar surface area (TPSA) is 46.4 Å². The highest BCUT2D eigenvalue weighted by Gasteiger charge is 2.38. The molecule has 0 unspecified atom stereocenters. The van der Waals surface area contributed by atoms with Crippen molar-refractivity contribution in [1.29, 1.82) is 0 Å². The van der Waals surface area contributed by atoms with E-state index < -0.39 is 23.5 Å². The lowest BCUT2D eigenvalue weighted by Crippen LogP contribution is -2.14. The Kier molecular flexibility index (Phi) is 4.57. The lowest BCUT2D eigenvalue weighted by molar-refractivity contribution is -0.141. The minimum Gasteiger partial charge on any atom is -0.319 e. The number of halogens is 5. The lowest BCUT2D eigenvalue weighted by atomic mass is 10.2. The number of terminal acetylenes is 1. The molecule has 3 rings (SSSR count). The Labute approximate surface area is 155 Å². The maximum absolute atomic E-state index is 13.1. The molecule has 2 aromatic heterocycles. The van der Waals surface area contributed by atoms with Crippen LogP contribution in [0.15, 0.2) is 36.5 Å². The van der Waals surface area contributed by atoms with Gasteiger partial charge in [-0.2, -0.15) is 13.2 Å². The van der Waals surface area contributed by atoms with Gasteiger partial charge in [0.15, 0.2) is 11.3 Å². The van der Waals surface area contributed by atoms with Crippen LogP contribution in [0.25, 0.3) is 5.65 Å². The van der Waals surface area contributed by atoms with Crippen LogP contribution in [0.3, 0.4) is 0 Å². The molecule has 0 fully saturated rings. The molecule has 4 nitrogen and oxygen atoms in total. The predicted molar refractivity (Wildman–Crippen MR) is 92.5 cm³/mol. The highest BCUT2D eigenvalue weighted by molar-refractivity contribution is 6.40. The Morgan fingerprint density at radius 2 is 1.85 bits per heavy atom. The summed E-state index contributed by atoms with van der Waals surface area (Å²) in [5.74, 6) is 1.29. The minimum atomic E-state index is -4.74. The van der Waals surface area contributed by atoms with E-state index in [0.717, 1.165) is 4.40 Å². The number of carbonyl (C=O) groups is 1. The number of aromatic nitrogens is 2. The highest BCUT2D eigenvalue weighted by atomic mass is 35.5. The van der Waals surface area contributed by atoms with Crippen LogP contribution in [0.4, 0.5) is 18.9 Å². The van der Waals surface area contributed by atoms with Gasteiger partial charge in [0.2, 0.25) is 0 Å². The van der Waals surface area contributed by atoms with Crippen molar-refractivity contribution in [2.45, 2.75) is 6.18 Å². The summed E-state index contributed by atoms with van der Waals surface area (Å²) in [6.07, 6.45) is 1.80. The zero-order chi connectivity index (χ0) is 19.1. The summed E-state index contributed by atoms with van der Waals surface area (Å²) in [6.45, 7) is 0. The van der Waals surface area contributed by atoms with Crippen molar-refractivity contribution in [3.8, 4) is 12.3 Å². The van der Waals surface area contributed by atoms with E-state index in [4.69, 9.17) is 29.6 Å². The van der Waals surface area contributed by atoms with Crippen LogP contribution in [-0.4, -0.2) is 15.3 Å². The third kappa shape index (κ3) is 3.09. The van der Waals surface area contributed by atoms with E-state index in [2.05, 4.69) is 10.3 Å². The summed E-state index contributed by atoms with van der Waals surface area (Å²) >= 11 is 12.0. The number of alkyl halides is 3. The molecule has 26 heavy (non-hydrogen) atoms. The number of carbonyl (C=O) groups excluding carboxylic acids is 1. The summed E-state index contributed by atoms with van der Waals surface area (Å²) in [4.78, 5) is 16.0. The molecule has 0 spiro atoms. The molecule has 1 N–H and O–H groups in total. The second kappa shape index (κ2) is 6.56. The predicted octanol–water partition coefficient (Wildman–Crippen LogP) is 4.89. The summed E-state index contributed by atoms with van der Waals surface area (Å²) < 4.78 is 40.5. The standard InChI is InChI=1S/C17H8Cl2F3N3O/c1-2-12-14(17(20,21)22)24-15-11(7-4-8-25(12)15)23-16(26)13-9(18)5-3-6-10(13)19/h1,3-8H,(H,23,26). The first-order valence-corrected chi connectivity index (χ1v) is 7.80. The number of hydrogen-bond donors (Lipinski definition) is 1. The minimum absolute atomic E-state index is 0.00221. The summed E-state index contributed by atoms with van der Waals surface area (Å²) in [6, 6.07) is 7.32. The van der Waals surface area contributed by atoms with E-state index in [1.54, 1.807) is 6.07 Å². The van der Waals surface area contributed by atoms with Crippen molar-refractivity contribution >= 4 is 40.4 Å². The molecule has 0 radical (unpaired) electrons. The van der Waals surface area contributed by atoms with Gasteiger partial charge in [-0.3, -0.25) is 9.20 Å². The average Bonchev–Trinajstić information content (AvgIpc) is 2.94. The number of benzene rings is 1. The maximum atomic E-state index is 13.1. The monoisotopic (exact) mass is 397 g/mol. The molecule has 132 valence electrons. The molecule has 0 saturated carbocycles. The number of amides is 1. The first-order valence-electron chi connectivity index (χ1n) is 7.04. The molecule has 0 aliphatic heterocycles. The van der Waals surface area contributed by atoms with Crippen LogP contribution >= 0.6 is 23.2 Å². The molecule has 9 heteroatoms. The Morgan fingerprint density at radius 1 is 1.19 bits per heavy atom. The number of hydrogen-bond acceptors (Lipinski definition) is 2. The van der Waals surface area contributed by atoms with Crippen LogP contribution in [0.5, 0.6) is 0 Å². The van der Waals surface area contributed by atoms with Gasteiger partial charge in [0, 0.05) is 6.20 Å². The first-order chi connectivity index (χ1) is 12.2. The third-order valence-corrected chi connectivity index (χ3v) is 4.12. The normalized spacial score (nSPS) is 11.4. The third-order valence-electron chi connectivity index (χ3n) is 3.49. The molecule has 0 aliphatic rings. The molecule has 1 aromatic carbocycles. The van der Waals surface area contributed by atoms with Crippen molar-refractivity contribution in [3.05, 3.63) is 63.5 Å². The molecule has 0 saturated heterocycles. The zero-order valence-corrected chi connectivity index (χ0v) is 14.2. The average molecular weight is 398 g/mol. The van der Waals surface area contributed by atoms with Crippen LogP contribution in [0.2, 0.25) is 10.0 Å². The molecular formula is C17H8Cl2F3N3O. The van der Waals surface area contributed by atoms with Gasteiger partial charge in [-0.25, -0.2) is 4.98 Å². The molecule has 2 heterocycles. The van der Waals surface area contributed by atoms with Gasteiger partial charge in [-0.1, -0.05) is 29.3 Å². The maximum Gasteiger partial charge on any atom is 0.436 e. The smallest absolute Gasteiger partial charge is 0.319 e. The number of imidazole rings is 1. The fourth-order valence-electron chi connectivity index (χ4n) is 2.40.